The van der Waals surface area contributed by atoms with E-state index in [9.17, 15) is 19.2 Å². The Morgan fingerprint density at radius 3 is 2.18 bits per heavy atom. The molecule has 9 heteroatoms. The molecule has 2 rings (SSSR count). The van der Waals surface area contributed by atoms with Crippen LogP contribution in [0.25, 0.3) is 0 Å². The average Bonchev–Trinajstić information content (AvgIpc) is 2.82. The summed E-state index contributed by atoms with van der Waals surface area (Å²) in [6.45, 7) is 12.4. The predicted molar refractivity (Wildman–Crippen MR) is 150 cm³/mol. The first-order chi connectivity index (χ1) is 18.1. The second kappa shape index (κ2) is 13.0. The quantitative estimate of drug-likeness (QED) is 0.328. The molecule has 9 nitrogen and oxygen atoms in total. The molecule has 2 atom stereocenters. The van der Waals surface area contributed by atoms with Gasteiger partial charge in [-0.05, 0) is 77.1 Å². The molecule has 0 radical (unpaired) electrons. The van der Waals surface area contributed by atoms with E-state index in [2.05, 4.69) is 16.7 Å². The second-order valence-corrected chi connectivity index (χ2v) is 10.6. The molecule has 4 amide bonds. The number of benzene rings is 2. The van der Waals surface area contributed by atoms with Crippen LogP contribution in [-0.4, -0.2) is 40.4 Å². The van der Waals surface area contributed by atoms with Gasteiger partial charge in [0.15, 0.2) is 0 Å². The number of terminal acetylenes is 1. The fraction of sp³-hybridized carbons (Fsp3) is 0.400. The van der Waals surface area contributed by atoms with Gasteiger partial charge < -0.3 is 21.1 Å². The Kier molecular flexibility index (Phi) is 10.3. The van der Waals surface area contributed by atoms with E-state index >= 15 is 0 Å². The van der Waals surface area contributed by atoms with E-state index < -0.39 is 41.5 Å². The number of aryl methyl sites for hydroxylation is 4. The maximum Gasteiger partial charge on any atom is 0.408 e. The summed E-state index contributed by atoms with van der Waals surface area (Å²) in [5, 5.41) is 5.44. The van der Waals surface area contributed by atoms with E-state index in [1.807, 2.05) is 58.0 Å². The number of hydrogen-bond acceptors (Lipinski definition) is 5. The Hall–Kier alpha value is -4.32. The summed E-state index contributed by atoms with van der Waals surface area (Å²) in [5.41, 5.74) is 8.90. The number of amides is 4. The number of hydrogen-bond donors (Lipinski definition) is 3. The number of nitrogens with two attached hydrogens (primary N) is 1. The molecule has 0 fully saturated rings. The molecule has 0 bridgehead atoms. The number of alkyl carbamates (subject to hydrolysis) is 1. The van der Waals surface area contributed by atoms with Gasteiger partial charge in [0.2, 0.25) is 5.91 Å². The third-order valence-electron chi connectivity index (χ3n) is 6.01. The van der Waals surface area contributed by atoms with E-state index in [0.29, 0.717) is 11.3 Å². The van der Waals surface area contributed by atoms with Crippen molar-refractivity contribution in [2.24, 2.45) is 5.73 Å². The minimum absolute atomic E-state index is 0.135. The van der Waals surface area contributed by atoms with Crippen LogP contribution in [0.1, 0.15) is 67.5 Å². The summed E-state index contributed by atoms with van der Waals surface area (Å²) in [6, 6.07) is 11.0. The Balaban J connectivity index is 2.57. The Bertz CT molecular complexity index is 1270. The summed E-state index contributed by atoms with van der Waals surface area (Å²) in [5.74, 6) is -1.95. The summed E-state index contributed by atoms with van der Waals surface area (Å²) < 4.78 is 5.30. The first kappa shape index (κ1) is 30.9. The molecule has 39 heavy (non-hydrogen) atoms. The number of anilines is 1. The molecular formula is C30H38N4O5. The fourth-order valence-corrected chi connectivity index (χ4v) is 4.08. The van der Waals surface area contributed by atoms with Crippen LogP contribution in [-0.2, 0) is 19.1 Å². The smallest absolute Gasteiger partial charge is 0.408 e. The van der Waals surface area contributed by atoms with Crippen LogP contribution in [0.5, 0.6) is 0 Å². The van der Waals surface area contributed by atoms with Gasteiger partial charge in [0.05, 0.1) is 0 Å². The number of primary amides is 1. The first-order valence-electron chi connectivity index (χ1n) is 12.7. The van der Waals surface area contributed by atoms with E-state index in [4.69, 9.17) is 16.9 Å². The minimum atomic E-state index is -1.27. The molecule has 0 aliphatic heterocycles. The SMILES string of the molecule is C#CN(C(=O)C(CCC(N)=O)NC(=O)OC(C)(C)C)C(C(=O)Nc1c(C)cccc1C)c1cc(C)ccc1C. The van der Waals surface area contributed by atoms with Crippen molar-refractivity contribution in [2.75, 3.05) is 5.32 Å². The lowest BCUT2D eigenvalue weighted by molar-refractivity contribution is -0.137. The zero-order chi connectivity index (χ0) is 29.5. The highest BCUT2D eigenvalue weighted by Crippen LogP contribution is 2.29. The monoisotopic (exact) mass is 534 g/mol. The Morgan fingerprint density at radius 2 is 1.64 bits per heavy atom. The second-order valence-electron chi connectivity index (χ2n) is 10.6. The van der Waals surface area contributed by atoms with Crippen LogP contribution in [0.15, 0.2) is 36.4 Å². The van der Waals surface area contributed by atoms with Crippen molar-refractivity contribution in [3.8, 4) is 12.5 Å². The van der Waals surface area contributed by atoms with E-state index in [0.717, 1.165) is 27.2 Å². The normalized spacial score (nSPS) is 12.5. The lowest BCUT2D eigenvalue weighted by atomic mass is 9.96. The topological polar surface area (TPSA) is 131 Å². The van der Waals surface area contributed by atoms with Crippen molar-refractivity contribution in [3.05, 3.63) is 64.2 Å². The molecule has 0 saturated heterocycles. The third-order valence-corrected chi connectivity index (χ3v) is 6.01. The van der Waals surface area contributed by atoms with Gasteiger partial charge in [-0.2, -0.15) is 0 Å². The summed E-state index contributed by atoms with van der Waals surface area (Å²) in [7, 11) is 0. The molecule has 0 aliphatic rings. The van der Waals surface area contributed by atoms with Crippen LogP contribution in [0.2, 0.25) is 0 Å². The largest absolute Gasteiger partial charge is 0.444 e. The highest BCUT2D eigenvalue weighted by atomic mass is 16.6. The van der Waals surface area contributed by atoms with Gasteiger partial charge in [-0.15, -0.1) is 0 Å². The third kappa shape index (κ3) is 8.60. The zero-order valence-electron chi connectivity index (χ0n) is 23.7. The molecule has 0 aromatic heterocycles. The van der Waals surface area contributed by atoms with Crippen LogP contribution < -0.4 is 16.4 Å². The number of nitrogens with zero attached hydrogens (tertiary/aromatic N) is 1. The first-order valence-corrected chi connectivity index (χ1v) is 12.7. The van der Waals surface area contributed by atoms with Gasteiger partial charge in [-0.1, -0.05) is 48.4 Å². The molecule has 0 saturated carbocycles. The summed E-state index contributed by atoms with van der Waals surface area (Å²) in [6.07, 6.45) is 4.65. The number of para-hydroxylation sites is 1. The van der Waals surface area contributed by atoms with Gasteiger partial charge in [0.1, 0.15) is 17.7 Å². The maximum atomic E-state index is 13.9. The minimum Gasteiger partial charge on any atom is -0.444 e. The van der Waals surface area contributed by atoms with Crippen molar-refractivity contribution in [3.63, 3.8) is 0 Å². The van der Waals surface area contributed by atoms with Gasteiger partial charge in [-0.25, -0.2) is 4.79 Å². The lowest BCUT2D eigenvalue weighted by Gasteiger charge is -2.31. The predicted octanol–water partition coefficient (Wildman–Crippen LogP) is 4.18. The highest BCUT2D eigenvalue weighted by molar-refractivity contribution is 6.00. The molecule has 0 heterocycles. The molecule has 208 valence electrons. The van der Waals surface area contributed by atoms with Crippen molar-refractivity contribution in [1.29, 1.82) is 0 Å². The number of nitrogens with one attached hydrogen (secondary N) is 2. The summed E-state index contributed by atoms with van der Waals surface area (Å²) >= 11 is 0. The highest BCUT2D eigenvalue weighted by Gasteiger charge is 2.37. The number of rotatable bonds is 9. The molecule has 0 spiro atoms. The van der Waals surface area contributed by atoms with Gasteiger partial charge >= 0.3 is 6.09 Å². The van der Waals surface area contributed by atoms with Crippen LogP contribution >= 0.6 is 0 Å². The van der Waals surface area contributed by atoms with Crippen LogP contribution in [0, 0.1) is 40.2 Å². The number of carbonyl (C=O) groups is 4. The van der Waals surface area contributed by atoms with Gasteiger partial charge in [-0.3, -0.25) is 19.3 Å². The Labute approximate surface area is 230 Å². The molecule has 2 aromatic carbocycles. The van der Waals surface area contributed by atoms with Crippen molar-refractivity contribution in [2.45, 2.75) is 79.0 Å². The maximum absolute atomic E-state index is 13.9. The standard InChI is InChI=1S/C30H38N4O5/c1-9-34(28(37)23(15-16-24(31)35)32-29(38)39-30(6,7)8)26(22-17-18(2)13-14-19(22)3)27(36)33-25-20(4)11-10-12-21(25)5/h1,10-14,17,23,26H,15-16H2,2-8H3,(H2,31,35)(H,32,38)(H,33,36). The van der Waals surface area contributed by atoms with Crippen molar-refractivity contribution in [1.82, 2.24) is 10.2 Å². The number of carbonyl (C=O) groups excluding carboxylic acids is 4. The van der Waals surface area contributed by atoms with E-state index in [1.54, 1.807) is 26.8 Å². The van der Waals surface area contributed by atoms with Crippen molar-refractivity contribution < 1.29 is 23.9 Å². The average molecular weight is 535 g/mol. The van der Waals surface area contributed by atoms with Crippen LogP contribution in [0.4, 0.5) is 10.5 Å². The molecule has 2 unspecified atom stereocenters. The lowest BCUT2D eigenvalue weighted by Crippen LogP contribution is -2.51. The van der Waals surface area contributed by atoms with Crippen molar-refractivity contribution >= 4 is 29.5 Å². The fourth-order valence-electron chi connectivity index (χ4n) is 4.08. The van der Waals surface area contributed by atoms with Gasteiger partial charge in [0, 0.05) is 18.2 Å². The Morgan fingerprint density at radius 1 is 1.03 bits per heavy atom. The molecule has 0 aliphatic carbocycles. The van der Waals surface area contributed by atoms with E-state index in [1.165, 1.54) is 0 Å². The molecule has 2 aromatic rings. The van der Waals surface area contributed by atoms with Crippen LogP contribution in [0.3, 0.4) is 0 Å². The zero-order valence-corrected chi connectivity index (χ0v) is 23.7. The summed E-state index contributed by atoms with van der Waals surface area (Å²) in [4.78, 5) is 52.8. The van der Waals surface area contributed by atoms with Gasteiger partial charge in [0.25, 0.3) is 11.8 Å². The molecular weight excluding hydrogens is 496 g/mol. The molecule has 4 N–H and O–H groups in total. The number of ether oxygens (including phenoxy) is 1. The van der Waals surface area contributed by atoms with E-state index in [-0.39, 0.29) is 12.8 Å².